The maximum absolute atomic E-state index is 11.6. The number of hydrogen-bond donors (Lipinski definition) is 3. The van der Waals surface area contributed by atoms with Crippen LogP contribution in [0, 0.1) is 0 Å². The molecule has 0 aliphatic carbocycles. The summed E-state index contributed by atoms with van der Waals surface area (Å²) in [5, 5.41) is 14.9. The van der Waals surface area contributed by atoms with Crippen molar-refractivity contribution in [1.29, 1.82) is 0 Å². The molecule has 0 spiro atoms. The van der Waals surface area contributed by atoms with Gasteiger partial charge < -0.3 is 15.7 Å². The van der Waals surface area contributed by atoms with Gasteiger partial charge in [-0.1, -0.05) is 18.2 Å². The van der Waals surface area contributed by atoms with E-state index in [1.165, 1.54) is 0 Å². The average Bonchev–Trinajstić information content (AvgIpc) is 2.33. The fourth-order valence-electron chi connectivity index (χ4n) is 1.70. The Morgan fingerprint density at radius 1 is 1.15 bits per heavy atom. The van der Waals surface area contributed by atoms with Crippen LogP contribution in [0.2, 0.25) is 0 Å². The van der Waals surface area contributed by atoms with Gasteiger partial charge in [-0.2, -0.15) is 0 Å². The molecule has 0 unspecified atom stereocenters. The third-order valence-corrected chi connectivity index (χ3v) is 2.57. The number of aryl methyl sites for hydroxylation is 1. The summed E-state index contributed by atoms with van der Waals surface area (Å²) in [6, 6.07) is 6.90. The van der Waals surface area contributed by atoms with E-state index in [1.54, 1.807) is 18.2 Å². The van der Waals surface area contributed by atoms with Crippen LogP contribution in [0.1, 0.15) is 32.8 Å². The second kappa shape index (κ2) is 6.93. The van der Waals surface area contributed by atoms with Crippen molar-refractivity contribution < 1.29 is 14.7 Å². The Morgan fingerprint density at radius 2 is 1.80 bits per heavy atom. The molecule has 0 atom stereocenters. The van der Waals surface area contributed by atoms with Crippen LogP contribution in [0.15, 0.2) is 24.3 Å². The van der Waals surface area contributed by atoms with Gasteiger partial charge in [0.05, 0.1) is 6.54 Å². The third-order valence-electron chi connectivity index (χ3n) is 2.57. The maximum atomic E-state index is 11.6. The van der Waals surface area contributed by atoms with Crippen molar-refractivity contribution in [3.8, 4) is 5.75 Å². The van der Waals surface area contributed by atoms with Gasteiger partial charge in [0, 0.05) is 12.0 Å². The number of phenols is 1. The molecule has 0 saturated carbocycles. The second-order valence-electron chi connectivity index (χ2n) is 5.70. The quantitative estimate of drug-likeness (QED) is 0.761. The smallest absolute Gasteiger partial charge is 0.239 e. The van der Waals surface area contributed by atoms with Crippen molar-refractivity contribution in [2.75, 3.05) is 6.54 Å². The molecule has 0 saturated heterocycles. The highest BCUT2D eigenvalue weighted by Gasteiger charge is 2.14. The van der Waals surface area contributed by atoms with E-state index in [0.29, 0.717) is 6.42 Å². The number of rotatable bonds is 5. The van der Waals surface area contributed by atoms with Crippen LogP contribution in [0.4, 0.5) is 0 Å². The zero-order valence-corrected chi connectivity index (χ0v) is 12.2. The summed E-state index contributed by atoms with van der Waals surface area (Å²) in [4.78, 5) is 23.2. The minimum Gasteiger partial charge on any atom is -0.508 e. The number of carbonyl (C=O) groups excluding carboxylic acids is 2. The second-order valence-corrected chi connectivity index (χ2v) is 5.70. The number of para-hydroxylation sites is 1. The zero-order valence-electron chi connectivity index (χ0n) is 12.2. The summed E-state index contributed by atoms with van der Waals surface area (Å²) in [6.07, 6.45) is 0.680. The highest BCUT2D eigenvalue weighted by Crippen LogP contribution is 2.16. The number of benzene rings is 1. The number of aromatic hydroxyl groups is 1. The Kier molecular flexibility index (Phi) is 5.55. The SMILES string of the molecule is CC(C)(C)NC(=O)CNC(=O)CCc1ccccc1O. The Hall–Kier alpha value is -2.04. The molecule has 0 aromatic heterocycles. The molecule has 20 heavy (non-hydrogen) atoms. The van der Waals surface area contributed by atoms with E-state index in [1.807, 2.05) is 26.8 Å². The van der Waals surface area contributed by atoms with E-state index in [4.69, 9.17) is 0 Å². The van der Waals surface area contributed by atoms with E-state index in [-0.39, 0.29) is 36.1 Å². The Labute approximate surface area is 119 Å². The van der Waals surface area contributed by atoms with Crippen LogP contribution in [-0.2, 0) is 16.0 Å². The lowest BCUT2D eigenvalue weighted by Crippen LogP contribution is -2.45. The first-order chi connectivity index (χ1) is 9.28. The number of carbonyl (C=O) groups is 2. The topological polar surface area (TPSA) is 78.4 Å². The van der Waals surface area contributed by atoms with Crippen molar-refractivity contribution >= 4 is 11.8 Å². The first-order valence-electron chi connectivity index (χ1n) is 6.62. The number of amides is 2. The predicted molar refractivity (Wildman–Crippen MR) is 77.3 cm³/mol. The highest BCUT2D eigenvalue weighted by molar-refractivity contribution is 5.85. The van der Waals surface area contributed by atoms with Crippen LogP contribution in [0.3, 0.4) is 0 Å². The molecule has 110 valence electrons. The van der Waals surface area contributed by atoms with E-state index in [9.17, 15) is 14.7 Å². The van der Waals surface area contributed by atoms with E-state index in [2.05, 4.69) is 10.6 Å². The van der Waals surface area contributed by atoms with Gasteiger partial charge in [-0.25, -0.2) is 0 Å². The normalized spacial score (nSPS) is 10.9. The van der Waals surface area contributed by atoms with Gasteiger partial charge in [0.2, 0.25) is 11.8 Å². The van der Waals surface area contributed by atoms with Gasteiger partial charge in [0.1, 0.15) is 5.75 Å². The van der Waals surface area contributed by atoms with Crippen LogP contribution >= 0.6 is 0 Å². The largest absolute Gasteiger partial charge is 0.508 e. The number of phenolic OH excluding ortho intramolecular Hbond substituents is 1. The first-order valence-corrected chi connectivity index (χ1v) is 6.62. The summed E-state index contributed by atoms with van der Waals surface area (Å²) >= 11 is 0. The van der Waals surface area contributed by atoms with Crippen molar-refractivity contribution in [3.05, 3.63) is 29.8 Å². The predicted octanol–water partition coefficient (Wildman–Crippen LogP) is 1.36. The van der Waals surface area contributed by atoms with Crippen molar-refractivity contribution in [3.63, 3.8) is 0 Å². The van der Waals surface area contributed by atoms with Crippen LogP contribution < -0.4 is 10.6 Å². The van der Waals surface area contributed by atoms with Crippen molar-refractivity contribution in [2.45, 2.75) is 39.2 Å². The minimum atomic E-state index is -0.308. The molecule has 5 nitrogen and oxygen atoms in total. The summed E-state index contributed by atoms with van der Waals surface area (Å²) in [5.74, 6) is -0.239. The average molecular weight is 278 g/mol. The summed E-state index contributed by atoms with van der Waals surface area (Å²) in [7, 11) is 0. The molecule has 5 heteroatoms. The standard InChI is InChI=1S/C15H22N2O3/c1-15(2,3)17-14(20)10-16-13(19)9-8-11-6-4-5-7-12(11)18/h4-7,18H,8-10H2,1-3H3,(H,16,19)(H,17,20). The highest BCUT2D eigenvalue weighted by atomic mass is 16.3. The molecule has 0 aliphatic rings. The molecule has 0 radical (unpaired) electrons. The molecule has 1 aromatic carbocycles. The third kappa shape index (κ3) is 6.22. The van der Waals surface area contributed by atoms with E-state index in [0.717, 1.165) is 5.56 Å². The molecule has 0 bridgehead atoms. The van der Waals surface area contributed by atoms with Gasteiger partial charge in [0.25, 0.3) is 0 Å². The fourth-order valence-corrected chi connectivity index (χ4v) is 1.70. The monoisotopic (exact) mass is 278 g/mol. The van der Waals surface area contributed by atoms with Crippen LogP contribution in [0.5, 0.6) is 5.75 Å². The van der Waals surface area contributed by atoms with Gasteiger partial charge >= 0.3 is 0 Å². The van der Waals surface area contributed by atoms with Crippen LogP contribution in [0.25, 0.3) is 0 Å². The minimum absolute atomic E-state index is 0.0309. The zero-order chi connectivity index (χ0) is 15.2. The molecule has 0 aliphatic heterocycles. The molecular formula is C15H22N2O3. The van der Waals surface area contributed by atoms with E-state index >= 15 is 0 Å². The summed E-state index contributed by atoms with van der Waals surface area (Å²) in [5.41, 5.74) is 0.416. The number of hydrogen-bond acceptors (Lipinski definition) is 3. The van der Waals surface area contributed by atoms with Crippen molar-refractivity contribution in [2.24, 2.45) is 0 Å². The Balaban J connectivity index is 2.31. The molecule has 0 fully saturated rings. The summed E-state index contributed by atoms with van der Waals surface area (Å²) in [6.45, 7) is 5.61. The molecule has 0 heterocycles. The first kappa shape index (κ1) is 16.0. The van der Waals surface area contributed by atoms with Gasteiger partial charge in [-0.05, 0) is 38.8 Å². The molecular weight excluding hydrogens is 256 g/mol. The maximum Gasteiger partial charge on any atom is 0.239 e. The van der Waals surface area contributed by atoms with Crippen LogP contribution in [-0.4, -0.2) is 29.0 Å². The number of nitrogens with one attached hydrogen (secondary N) is 2. The Bertz CT molecular complexity index is 478. The molecule has 1 rings (SSSR count). The van der Waals surface area contributed by atoms with E-state index < -0.39 is 0 Å². The molecule has 3 N–H and O–H groups in total. The van der Waals surface area contributed by atoms with Gasteiger partial charge in [-0.15, -0.1) is 0 Å². The lowest BCUT2D eigenvalue weighted by molar-refractivity contribution is -0.126. The van der Waals surface area contributed by atoms with Crippen molar-refractivity contribution in [1.82, 2.24) is 10.6 Å². The summed E-state index contributed by atoms with van der Waals surface area (Å²) < 4.78 is 0. The molecule has 1 aromatic rings. The van der Waals surface area contributed by atoms with Gasteiger partial charge in [0.15, 0.2) is 0 Å². The lowest BCUT2D eigenvalue weighted by atomic mass is 10.1. The Morgan fingerprint density at radius 3 is 2.40 bits per heavy atom. The molecule has 2 amide bonds. The fraction of sp³-hybridized carbons (Fsp3) is 0.467. The lowest BCUT2D eigenvalue weighted by Gasteiger charge is -2.20. The van der Waals surface area contributed by atoms with Gasteiger partial charge in [-0.3, -0.25) is 9.59 Å².